The monoisotopic (exact) mass is 244 g/mol. The Labute approximate surface area is 93.8 Å². The lowest BCUT2D eigenvalue weighted by molar-refractivity contribution is 0.327. The van der Waals surface area contributed by atoms with E-state index in [1.807, 2.05) is 19.1 Å². The zero-order valence-electron chi connectivity index (χ0n) is 8.88. The third kappa shape index (κ3) is 4.65. The number of nitrogens with zero attached hydrogens (tertiary/aromatic N) is 1. The SMILES string of the molecule is Cc1ccc(O/C(N)=N/OS(C)(=O)=O)cc1. The highest BCUT2D eigenvalue weighted by Gasteiger charge is 2.02. The summed E-state index contributed by atoms with van der Waals surface area (Å²) in [5.41, 5.74) is 6.35. The van der Waals surface area contributed by atoms with Gasteiger partial charge in [-0.3, -0.25) is 4.28 Å². The molecule has 1 aromatic carbocycles. The van der Waals surface area contributed by atoms with Gasteiger partial charge in [0.15, 0.2) is 0 Å². The van der Waals surface area contributed by atoms with Crippen molar-refractivity contribution in [3.63, 3.8) is 0 Å². The molecule has 7 heteroatoms. The van der Waals surface area contributed by atoms with Gasteiger partial charge >= 0.3 is 16.1 Å². The second-order valence-electron chi connectivity index (χ2n) is 3.12. The Kier molecular flexibility index (Phi) is 3.73. The van der Waals surface area contributed by atoms with E-state index in [9.17, 15) is 8.42 Å². The predicted octanol–water partition coefficient (Wildman–Crippen LogP) is 0.580. The van der Waals surface area contributed by atoms with Crippen LogP contribution in [0.2, 0.25) is 0 Å². The van der Waals surface area contributed by atoms with E-state index in [0.717, 1.165) is 11.8 Å². The van der Waals surface area contributed by atoms with Crippen LogP contribution in [0.15, 0.2) is 29.4 Å². The normalized spacial score (nSPS) is 12.2. The maximum atomic E-state index is 10.6. The van der Waals surface area contributed by atoms with Crippen LogP contribution in [-0.4, -0.2) is 20.7 Å². The number of hydrogen-bond acceptors (Lipinski definition) is 5. The Hall–Kier alpha value is -1.76. The molecule has 16 heavy (non-hydrogen) atoms. The molecule has 0 bridgehead atoms. The van der Waals surface area contributed by atoms with Gasteiger partial charge in [0, 0.05) is 0 Å². The maximum absolute atomic E-state index is 10.6. The third-order valence-electron chi connectivity index (χ3n) is 1.51. The van der Waals surface area contributed by atoms with E-state index in [2.05, 4.69) is 9.44 Å². The fraction of sp³-hybridized carbons (Fsp3) is 0.222. The van der Waals surface area contributed by atoms with Gasteiger partial charge in [0.05, 0.1) is 6.26 Å². The molecular weight excluding hydrogens is 232 g/mol. The van der Waals surface area contributed by atoms with Crippen molar-refractivity contribution >= 4 is 16.1 Å². The van der Waals surface area contributed by atoms with Crippen molar-refractivity contribution in [1.82, 2.24) is 0 Å². The summed E-state index contributed by atoms with van der Waals surface area (Å²) in [7, 11) is -3.67. The Morgan fingerprint density at radius 3 is 2.38 bits per heavy atom. The summed E-state index contributed by atoms with van der Waals surface area (Å²) in [6, 6.07) is 6.62. The molecule has 0 amide bonds. The van der Waals surface area contributed by atoms with Crippen molar-refractivity contribution in [1.29, 1.82) is 0 Å². The van der Waals surface area contributed by atoms with Gasteiger partial charge in [-0.25, -0.2) is 0 Å². The van der Waals surface area contributed by atoms with E-state index in [4.69, 9.17) is 10.5 Å². The third-order valence-corrected chi connectivity index (χ3v) is 1.85. The van der Waals surface area contributed by atoms with Gasteiger partial charge in [0.25, 0.3) is 0 Å². The second-order valence-corrected chi connectivity index (χ2v) is 4.68. The average molecular weight is 244 g/mol. The van der Waals surface area contributed by atoms with Gasteiger partial charge in [-0.05, 0) is 24.2 Å². The summed E-state index contributed by atoms with van der Waals surface area (Å²) >= 11 is 0. The maximum Gasteiger partial charge on any atom is 0.328 e. The summed E-state index contributed by atoms with van der Waals surface area (Å²) in [4.78, 5) is 0. The number of nitrogens with two attached hydrogens (primary N) is 1. The van der Waals surface area contributed by atoms with Gasteiger partial charge in [-0.1, -0.05) is 17.7 Å². The molecule has 0 unspecified atom stereocenters. The van der Waals surface area contributed by atoms with Crippen LogP contribution in [-0.2, 0) is 14.4 Å². The van der Waals surface area contributed by atoms with Crippen molar-refractivity contribution in [3.05, 3.63) is 29.8 Å². The lowest BCUT2D eigenvalue weighted by Gasteiger charge is -2.03. The number of ether oxygens (including phenoxy) is 1. The van der Waals surface area contributed by atoms with E-state index >= 15 is 0 Å². The summed E-state index contributed by atoms with van der Waals surface area (Å²) in [5.74, 6) is 0.448. The van der Waals surface area contributed by atoms with Crippen LogP contribution in [0, 0.1) is 6.92 Å². The highest BCUT2D eigenvalue weighted by molar-refractivity contribution is 7.85. The highest BCUT2D eigenvalue weighted by atomic mass is 32.2. The van der Waals surface area contributed by atoms with Crippen molar-refractivity contribution in [2.24, 2.45) is 10.9 Å². The molecular formula is C9H12N2O4S. The molecule has 0 fully saturated rings. The number of amidine groups is 1. The van der Waals surface area contributed by atoms with E-state index < -0.39 is 10.1 Å². The quantitative estimate of drug-likeness (QED) is 0.477. The minimum atomic E-state index is -3.67. The van der Waals surface area contributed by atoms with Crippen molar-refractivity contribution in [3.8, 4) is 5.75 Å². The van der Waals surface area contributed by atoms with Crippen LogP contribution in [0.3, 0.4) is 0 Å². The second kappa shape index (κ2) is 4.84. The van der Waals surface area contributed by atoms with Gasteiger partial charge in [0.2, 0.25) is 0 Å². The first kappa shape index (κ1) is 12.3. The fourth-order valence-electron chi connectivity index (χ4n) is 0.850. The van der Waals surface area contributed by atoms with Crippen LogP contribution >= 0.6 is 0 Å². The number of aryl methyl sites for hydroxylation is 1. The largest absolute Gasteiger partial charge is 0.424 e. The smallest absolute Gasteiger partial charge is 0.328 e. The van der Waals surface area contributed by atoms with Gasteiger partial charge in [0.1, 0.15) is 5.75 Å². The molecule has 0 saturated carbocycles. The van der Waals surface area contributed by atoms with Crippen molar-refractivity contribution in [2.45, 2.75) is 6.92 Å². The van der Waals surface area contributed by atoms with Crippen molar-refractivity contribution in [2.75, 3.05) is 6.26 Å². The lowest BCUT2D eigenvalue weighted by atomic mass is 10.2. The van der Waals surface area contributed by atoms with E-state index in [0.29, 0.717) is 5.75 Å². The molecule has 0 radical (unpaired) electrons. The van der Waals surface area contributed by atoms with Crippen LogP contribution in [0.1, 0.15) is 5.56 Å². The highest BCUT2D eigenvalue weighted by Crippen LogP contribution is 2.11. The molecule has 0 saturated heterocycles. The van der Waals surface area contributed by atoms with Crippen LogP contribution < -0.4 is 10.5 Å². The predicted molar refractivity (Wildman–Crippen MR) is 59.4 cm³/mol. The molecule has 88 valence electrons. The zero-order valence-corrected chi connectivity index (χ0v) is 9.69. The Morgan fingerprint density at radius 1 is 1.31 bits per heavy atom. The van der Waals surface area contributed by atoms with E-state index in [1.165, 1.54) is 0 Å². The molecule has 0 heterocycles. The molecule has 1 aromatic rings. The van der Waals surface area contributed by atoms with Crippen LogP contribution in [0.5, 0.6) is 5.75 Å². The summed E-state index contributed by atoms with van der Waals surface area (Å²) in [6.07, 6.45) is 0.857. The molecule has 0 aromatic heterocycles. The van der Waals surface area contributed by atoms with Crippen LogP contribution in [0.4, 0.5) is 0 Å². The number of oxime groups is 1. The van der Waals surface area contributed by atoms with Gasteiger partial charge in [-0.2, -0.15) is 8.42 Å². The van der Waals surface area contributed by atoms with Crippen LogP contribution in [0.25, 0.3) is 0 Å². The number of hydrogen-bond donors (Lipinski definition) is 1. The molecule has 0 aliphatic heterocycles. The first-order chi connectivity index (χ1) is 7.37. The van der Waals surface area contributed by atoms with Crippen molar-refractivity contribution < 1.29 is 17.4 Å². The topological polar surface area (TPSA) is 91.0 Å². The molecule has 2 N–H and O–H groups in total. The van der Waals surface area contributed by atoms with E-state index in [1.54, 1.807) is 12.1 Å². The molecule has 6 nitrogen and oxygen atoms in total. The Morgan fingerprint density at radius 2 is 1.88 bits per heavy atom. The van der Waals surface area contributed by atoms with Gasteiger partial charge in [-0.15, -0.1) is 0 Å². The zero-order chi connectivity index (χ0) is 12.2. The minimum Gasteiger partial charge on any atom is -0.424 e. The molecule has 0 aliphatic carbocycles. The first-order valence-corrected chi connectivity index (χ1v) is 6.15. The fourth-order valence-corrected chi connectivity index (χ4v) is 1.06. The standard InChI is InChI=1S/C9H12N2O4S/c1-7-3-5-8(6-4-7)14-9(10)11-15-16(2,12)13/h3-6H,1-2H3,(H2,10,11). The number of rotatable bonds is 3. The summed E-state index contributed by atoms with van der Waals surface area (Å²) in [6.45, 7) is 1.92. The number of benzene rings is 1. The Balaban J connectivity index is 2.64. The molecule has 0 spiro atoms. The molecule has 0 atom stereocenters. The van der Waals surface area contributed by atoms with E-state index in [-0.39, 0.29) is 6.02 Å². The molecule has 0 aliphatic rings. The summed E-state index contributed by atoms with van der Waals surface area (Å²) in [5, 5.41) is 3.10. The minimum absolute atomic E-state index is 0.380. The summed E-state index contributed by atoms with van der Waals surface area (Å²) < 4.78 is 30.3. The van der Waals surface area contributed by atoms with Gasteiger partial charge < -0.3 is 10.5 Å². The first-order valence-electron chi connectivity index (χ1n) is 4.33. The Bertz CT molecular complexity index is 479. The lowest BCUT2D eigenvalue weighted by Crippen LogP contribution is -2.20. The molecule has 1 rings (SSSR count). The average Bonchev–Trinajstić information content (AvgIpc) is 2.18.